The molecule has 0 radical (unpaired) electrons. The number of ether oxygens (including phenoxy) is 2. The maximum atomic E-state index is 13.0. The molecule has 0 aliphatic heterocycles. The molecule has 1 amide bonds. The van der Waals surface area contributed by atoms with Gasteiger partial charge in [0.1, 0.15) is 5.60 Å². The predicted molar refractivity (Wildman–Crippen MR) is 95.4 cm³/mol. The van der Waals surface area contributed by atoms with E-state index >= 15 is 0 Å². The maximum Gasteiger partial charge on any atom is 0.256 e. The Morgan fingerprint density at radius 1 is 1.25 bits per heavy atom. The Bertz CT molecular complexity index is 537. The highest BCUT2D eigenvalue weighted by Gasteiger charge is 2.39. The van der Waals surface area contributed by atoms with Crippen LogP contribution in [0.25, 0.3) is 0 Å². The van der Waals surface area contributed by atoms with Gasteiger partial charge in [-0.25, -0.2) is 4.98 Å². The van der Waals surface area contributed by atoms with Gasteiger partial charge in [-0.1, -0.05) is 32.6 Å². The van der Waals surface area contributed by atoms with Crippen molar-refractivity contribution in [2.45, 2.75) is 71.3 Å². The molecule has 0 bridgehead atoms. The van der Waals surface area contributed by atoms with Crippen LogP contribution in [0, 0.1) is 6.92 Å². The first-order valence-electron chi connectivity index (χ1n) is 9.16. The predicted octanol–water partition coefficient (Wildman–Crippen LogP) is 4.25. The third-order valence-electron chi connectivity index (χ3n) is 4.48. The number of carbonyl (C=O) groups excluding carboxylic acids is 1. The van der Waals surface area contributed by atoms with Crippen molar-refractivity contribution in [1.29, 1.82) is 0 Å². The zero-order valence-electron chi connectivity index (χ0n) is 15.2. The van der Waals surface area contributed by atoms with E-state index in [0.29, 0.717) is 24.8 Å². The lowest BCUT2D eigenvalue weighted by Gasteiger charge is -2.31. The molecular formula is C19H30N2O3. The van der Waals surface area contributed by atoms with Crippen molar-refractivity contribution >= 4 is 11.6 Å². The summed E-state index contributed by atoms with van der Waals surface area (Å²) < 4.78 is 11.5. The topological polar surface area (TPSA) is 60.5 Å². The van der Waals surface area contributed by atoms with Crippen molar-refractivity contribution in [1.82, 2.24) is 4.98 Å². The number of pyridine rings is 1. The zero-order chi connectivity index (χ0) is 17.4. The van der Waals surface area contributed by atoms with Crippen molar-refractivity contribution in [2.24, 2.45) is 0 Å². The molecule has 2 rings (SSSR count). The van der Waals surface area contributed by atoms with E-state index in [1.807, 2.05) is 19.9 Å². The van der Waals surface area contributed by atoms with Gasteiger partial charge in [-0.05, 0) is 39.2 Å². The molecule has 1 aliphatic carbocycles. The van der Waals surface area contributed by atoms with Crippen LogP contribution in [0.15, 0.2) is 12.3 Å². The van der Waals surface area contributed by atoms with Gasteiger partial charge in [-0.15, -0.1) is 0 Å². The number of nitrogens with one attached hydrogen (secondary N) is 1. The molecule has 24 heavy (non-hydrogen) atoms. The van der Waals surface area contributed by atoms with E-state index in [4.69, 9.17) is 9.47 Å². The minimum absolute atomic E-state index is 0.0387. The lowest BCUT2D eigenvalue weighted by molar-refractivity contribution is -0.143. The largest absolute Gasteiger partial charge is 0.478 e. The Kier molecular flexibility index (Phi) is 7.03. The Balaban J connectivity index is 2.13. The number of carbonyl (C=O) groups is 1. The second-order valence-electron chi connectivity index (χ2n) is 6.49. The van der Waals surface area contributed by atoms with Gasteiger partial charge in [0, 0.05) is 12.2 Å². The van der Waals surface area contributed by atoms with Gasteiger partial charge in [0.25, 0.3) is 5.91 Å². The van der Waals surface area contributed by atoms with Crippen LogP contribution >= 0.6 is 0 Å². The van der Waals surface area contributed by atoms with Crippen LogP contribution in [-0.2, 0) is 9.53 Å². The third kappa shape index (κ3) is 4.69. The standard InChI is InChI=1S/C19H30N2O3/c1-4-12-24-19(10-8-6-7-9-11-19)18(22)21-16-13-15(3)17(20-14-16)23-5-2/h13-14H,4-12H2,1-3H3,(H,21,22). The van der Waals surface area contributed by atoms with Crippen molar-refractivity contribution in [3.8, 4) is 5.88 Å². The zero-order valence-corrected chi connectivity index (χ0v) is 15.2. The quantitative estimate of drug-likeness (QED) is 0.757. The average molecular weight is 334 g/mol. The average Bonchev–Trinajstić information content (AvgIpc) is 2.82. The Morgan fingerprint density at radius 3 is 2.54 bits per heavy atom. The molecule has 1 heterocycles. The number of aromatic nitrogens is 1. The molecule has 1 saturated carbocycles. The van der Waals surface area contributed by atoms with E-state index in [-0.39, 0.29) is 5.91 Å². The molecule has 1 aromatic heterocycles. The number of anilines is 1. The summed E-state index contributed by atoms with van der Waals surface area (Å²) in [5.74, 6) is 0.574. The van der Waals surface area contributed by atoms with E-state index in [1.54, 1.807) is 6.20 Å². The molecule has 134 valence electrons. The van der Waals surface area contributed by atoms with Crippen molar-refractivity contribution < 1.29 is 14.3 Å². The summed E-state index contributed by atoms with van der Waals surface area (Å²) in [5.41, 5.74) is 0.919. The van der Waals surface area contributed by atoms with Gasteiger partial charge < -0.3 is 14.8 Å². The fraction of sp³-hybridized carbons (Fsp3) is 0.684. The number of hydrogen-bond donors (Lipinski definition) is 1. The Labute approximate surface area is 145 Å². The minimum atomic E-state index is -0.695. The summed E-state index contributed by atoms with van der Waals surface area (Å²) in [6, 6.07) is 1.90. The van der Waals surface area contributed by atoms with Gasteiger partial charge >= 0.3 is 0 Å². The van der Waals surface area contributed by atoms with Crippen LogP contribution < -0.4 is 10.1 Å². The summed E-state index contributed by atoms with van der Waals surface area (Å²) in [6.45, 7) is 7.13. The van der Waals surface area contributed by atoms with Gasteiger partial charge in [0.05, 0.1) is 18.5 Å². The molecule has 1 fully saturated rings. The first-order chi connectivity index (χ1) is 11.6. The number of nitrogens with zero attached hydrogens (tertiary/aromatic N) is 1. The van der Waals surface area contributed by atoms with Crippen LogP contribution in [0.3, 0.4) is 0 Å². The number of aryl methyl sites for hydroxylation is 1. The molecule has 0 aromatic carbocycles. The first-order valence-corrected chi connectivity index (χ1v) is 9.16. The summed E-state index contributed by atoms with van der Waals surface area (Å²) in [4.78, 5) is 17.3. The molecule has 1 aliphatic rings. The molecule has 5 nitrogen and oxygen atoms in total. The van der Waals surface area contributed by atoms with Crippen molar-refractivity contribution in [2.75, 3.05) is 18.5 Å². The Morgan fingerprint density at radius 2 is 1.96 bits per heavy atom. The van der Waals surface area contributed by atoms with Crippen LogP contribution in [0.2, 0.25) is 0 Å². The van der Waals surface area contributed by atoms with Gasteiger partial charge in [0.2, 0.25) is 5.88 Å². The SMILES string of the molecule is CCCOC1(C(=O)Nc2cnc(OCC)c(C)c2)CCCCCC1. The monoisotopic (exact) mass is 334 g/mol. The van der Waals surface area contributed by atoms with E-state index in [1.165, 1.54) is 12.8 Å². The highest BCUT2D eigenvalue weighted by molar-refractivity contribution is 5.97. The molecule has 0 unspecified atom stereocenters. The second-order valence-corrected chi connectivity index (χ2v) is 6.49. The highest BCUT2D eigenvalue weighted by atomic mass is 16.5. The van der Waals surface area contributed by atoms with E-state index < -0.39 is 5.60 Å². The molecular weight excluding hydrogens is 304 g/mol. The molecule has 0 saturated heterocycles. The fourth-order valence-corrected chi connectivity index (χ4v) is 3.20. The number of hydrogen-bond acceptors (Lipinski definition) is 4. The van der Waals surface area contributed by atoms with Crippen molar-refractivity contribution in [3.63, 3.8) is 0 Å². The van der Waals surface area contributed by atoms with E-state index in [9.17, 15) is 4.79 Å². The molecule has 1 N–H and O–H groups in total. The molecule has 0 spiro atoms. The van der Waals surface area contributed by atoms with Gasteiger partial charge in [-0.3, -0.25) is 4.79 Å². The van der Waals surface area contributed by atoms with E-state index in [0.717, 1.165) is 37.7 Å². The normalized spacial score (nSPS) is 17.1. The molecule has 1 aromatic rings. The first kappa shape index (κ1) is 18.7. The lowest BCUT2D eigenvalue weighted by atomic mass is 9.92. The third-order valence-corrected chi connectivity index (χ3v) is 4.48. The van der Waals surface area contributed by atoms with Crippen LogP contribution in [0.4, 0.5) is 5.69 Å². The minimum Gasteiger partial charge on any atom is -0.478 e. The number of amides is 1. The Hall–Kier alpha value is -1.62. The summed E-state index contributed by atoms with van der Waals surface area (Å²) in [7, 11) is 0. The molecule has 5 heteroatoms. The van der Waals surface area contributed by atoms with Crippen LogP contribution in [0.1, 0.15) is 64.4 Å². The summed E-state index contributed by atoms with van der Waals surface area (Å²) in [5, 5.41) is 3.02. The number of rotatable bonds is 7. The van der Waals surface area contributed by atoms with Gasteiger partial charge in [-0.2, -0.15) is 0 Å². The smallest absolute Gasteiger partial charge is 0.256 e. The van der Waals surface area contributed by atoms with Gasteiger partial charge in [0.15, 0.2) is 0 Å². The fourth-order valence-electron chi connectivity index (χ4n) is 3.20. The van der Waals surface area contributed by atoms with E-state index in [2.05, 4.69) is 17.2 Å². The van der Waals surface area contributed by atoms with Crippen molar-refractivity contribution in [3.05, 3.63) is 17.8 Å². The summed E-state index contributed by atoms with van der Waals surface area (Å²) in [6.07, 6.45) is 8.58. The summed E-state index contributed by atoms with van der Waals surface area (Å²) >= 11 is 0. The van der Waals surface area contributed by atoms with Crippen LogP contribution in [-0.4, -0.2) is 29.7 Å². The second kappa shape index (κ2) is 9.02. The highest BCUT2D eigenvalue weighted by Crippen LogP contribution is 2.32. The lowest BCUT2D eigenvalue weighted by Crippen LogP contribution is -2.45. The molecule has 0 atom stereocenters. The van der Waals surface area contributed by atoms with Crippen LogP contribution in [0.5, 0.6) is 5.88 Å². The maximum absolute atomic E-state index is 13.0.